The summed E-state index contributed by atoms with van der Waals surface area (Å²) in [6.07, 6.45) is 2.98. The van der Waals surface area contributed by atoms with Gasteiger partial charge in [0.25, 0.3) is 0 Å². The minimum absolute atomic E-state index is 0.861. The molecule has 2 aromatic carbocycles. The Bertz CT molecular complexity index is 837. The molecule has 3 rings (SSSR count). The highest BCUT2D eigenvalue weighted by Gasteiger charge is 2.07. The smallest absolute Gasteiger partial charge is 0.124 e. The molecule has 0 radical (unpaired) electrons. The lowest BCUT2D eigenvalue weighted by Crippen LogP contribution is -2.20. The van der Waals surface area contributed by atoms with Crippen molar-refractivity contribution in [2.45, 2.75) is 6.42 Å². The summed E-state index contributed by atoms with van der Waals surface area (Å²) in [7, 11) is 3.80. The molecule has 0 spiro atoms. The largest absolute Gasteiger partial charge is 0.497 e. The second-order valence-corrected chi connectivity index (χ2v) is 7.12. The van der Waals surface area contributed by atoms with Gasteiger partial charge in [-0.1, -0.05) is 30.3 Å². The summed E-state index contributed by atoms with van der Waals surface area (Å²) in [5.74, 6) is 0.861. The van der Waals surface area contributed by atoms with Gasteiger partial charge in [0, 0.05) is 29.6 Å². The van der Waals surface area contributed by atoms with E-state index < -0.39 is 0 Å². The molecule has 1 aromatic heterocycles. The second-order valence-electron chi connectivity index (χ2n) is 6.26. The Labute approximate surface area is 159 Å². The number of nitrogens with zero attached hydrogens (tertiary/aromatic N) is 2. The topological polar surface area (TPSA) is 25.4 Å². The van der Waals surface area contributed by atoms with E-state index in [1.807, 2.05) is 30.3 Å². The van der Waals surface area contributed by atoms with Crippen LogP contribution in [0, 0.1) is 0 Å². The Balaban J connectivity index is 1.67. The molecule has 134 valence electrons. The summed E-state index contributed by atoms with van der Waals surface area (Å²) in [6.45, 7) is 5.73. The van der Waals surface area contributed by atoms with Gasteiger partial charge in [-0.3, -0.25) is 0 Å². The summed E-state index contributed by atoms with van der Waals surface area (Å²) in [6, 6.07) is 16.7. The van der Waals surface area contributed by atoms with Gasteiger partial charge in [-0.05, 0) is 43.3 Å². The molecule has 1 heterocycles. The van der Waals surface area contributed by atoms with Crippen LogP contribution >= 0.6 is 11.3 Å². The van der Waals surface area contributed by atoms with Crippen LogP contribution in [-0.2, 0) is 6.42 Å². The molecule has 4 heteroatoms. The highest BCUT2D eigenvalue weighted by molar-refractivity contribution is 7.13. The predicted octanol–water partition coefficient (Wildman–Crippen LogP) is 5.15. The molecule has 0 amide bonds. The highest BCUT2D eigenvalue weighted by Crippen LogP contribution is 2.30. The van der Waals surface area contributed by atoms with Crippen LogP contribution in [0.1, 0.15) is 5.56 Å². The lowest BCUT2D eigenvalue weighted by Gasteiger charge is -2.13. The van der Waals surface area contributed by atoms with E-state index in [9.17, 15) is 0 Å². The zero-order valence-corrected chi connectivity index (χ0v) is 16.1. The van der Waals surface area contributed by atoms with Crippen molar-refractivity contribution < 1.29 is 4.74 Å². The number of rotatable bonds is 8. The van der Waals surface area contributed by atoms with Crippen LogP contribution in [0.25, 0.3) is 21.8 Å². The first kappa shape index (κ1) is 18.4. The zero-order valence-electron chi connectivity index (χ0n) is 15.3. The van der Waals surface area contributed by atoms with Crippen LogP contribution in [0.5, 0.6) is 5.75 Å². The molecule has 0 saturated heterocycles. The monoisotopic (exact) mass is 364 g/mol. The predicted molar refractivity (Wildman–Crippen MR) is 111 cm³/mol. The average molecular weight is 365 g/mol. The fourth-order valence-electron chi connectivity index (χ4n) is 2.75. The van der Waals surface area contributed by atoms with E-state index in [0.29, 0.717) is 0 Å². The fourth-order valence-corrected chi connectivity index (χ4v) is 3.58. The van der Waals surface area contributed by atoms with Gasteiger partial charge in [0.05, 0.1) is 12.8 Å². The van der Waals surface area contributed by atoms with Crippen LogP contribution in [-0.4, -0.2) is 37.1 Å². The Morgan fingerprint density at radius 2 is 1.77 bits per heavy atom. The van der Waals surface area contributed by atoms with E-state index in [1.165, 1.54) is 5.56 Å². The van der Waals surface area contributed by atoms with E-state index in [0.717, 1.165) is 47.1 Å². The highest BCUT2D eigenvalue weighted by atomic mass is 32.1. The third kappa shape index (κ3) is 4.59. The SMILES string of the molecule is C=CCN(C)CCc1ccc(-c2csc(-c3ccc(OC)cc3)n2)cc1. The minimum atomic E-state index is 0.861. The molecular weight excluding hydrogens is 340 g/mol. The Morgan fingerprint density at radius 1 is 1.08 bits per heavy atom. The molecule has 0 bridgehead atoms. The second kappa shape index (κ2) is 8.79. The van der Waals surface area contributed by atoms with Crippen molar-refractivity contribution in [1.29, 1.82) is 0 Å². The molecule has 3 nitrogen and oxygen atoms in total. The summed E-state index contributed by atoms with van der Waals surface area (Å²) >= 11 is 1.67. The summed E-state index contributed by atoms with van der Waals surface area (Å²) in [5, 5.41) is 3.14. The van der Waals surface area contributed by atoms with Crippen LogP contribution < -0.4 is 4.74 Å². The first-order chi connectivity index (χ1) is 12.7. The maximum Gasteiger partial charge on any atom is 0.124 e. The number of methoxy groups -OCH3 is 1. The molecule has 26 heavy (non-hydrogen) atoms. The molecule has 0 N–H and O–H groups in total. The normalized spacial score (nSPS) is 10.9. The first-order valence-corrected chi connectivity index (χ1v) is 9.56. The van der Waals surface area contributed by atoms with Gasteiger partial charge in [-0.25, -0.2) is 4.98 Å². The first-order valence-electron chi connectivity index (χ1n) is 8.68. The van der Waals surface area contributed by atoms with Crippen molar-refractivity contribution in [2.75, 3.05) is 27.2 Å². The van der Waals surface area contributed by atoms with Crippen LogP contribution in [0.3, 0.4) is 0 Å². The standard InChI is InChI=1S/C22H24N2OS/c1-4-14-24(2)15-13-17-5-7-18(8-6-17)21-16-26-22(23-21)19-9-11-20(25-3)12-10-19/h4-12,16H,1,13-15H2,2-3H3. The number of likely N-dealkylation sites (N-methyl/N-ethyl adjacent to an activating group) is 1. The van der Waals surface area contributed by atoms with Crippen molar-refractivity contribution in [3.8, 4) is 27.6 Å². The zero-order chi connectivity index (χ0) is 18.4. The van der Waals surface area contributed by atoms with Gasteiger partial charge in [0.1, 0.15) is 10.8 Å². The lowest BCUT2D eigenvalue weighted by molar-refractivity contribution is 0.375. The fraction of sp³-hybridized carbons (Fsp3) is 0.227. The average Bonchev–Trinajstić information content (AvgIpc) is 3.17. The number of hydrogen-bond donors (Lipinski definition) is 0. The van der Waals surface area contributed by atoms with Gasteiger partial charge >= 0.3 is 0 Å². The van der Waals surface area contributed by atoms with Crippen molar-refractivity contribution in [3.63, 3.8) is 0 Å². The minimum Gasteiger partial charge on any atom is -0.497 e. The van der Waals surface area contributed by atoms with Crippen LogP contribution in [0.4, 0.5) is 0 Å². The number of aromatic nitrogens is 1. The molecule has 0 aliphatic heterocycles. The van der Waals surface area contributed by atoms with Crippen molar-refractivity contribution in [3.05, 3.63) is 72.1 Å². The quantitative estimate of drug-likeness (QED) is 0.517. The van der Waals surface area contributed by atoms with Gasteiger partial charge in [0.15, 0.2) is 0 Å². The number of benzene rings is 2. The summed E-state index contributed by atoms with van der Waals surface area (Å²) < 4.78 is 5.21. The van der Waals surface area contributed by atoms with E-state index in [2.05, 4.69) is 48.2 Å². The molecule has 0 aliphatic carbocycles. The van der Waals surface area contributed by atoms with E-state index in [-0.39, 0.29) is 0 Å². The summed E-state index contributed by atoms with van der Waals surface area (Å²) in [5.41, 5.74) is 4.64. The molecule has 0 saturated carbocycles. The number of hydrogen-bond acceptors (Lipinski definition) is 4. The molecule has 0 aliphatic rings. The summed E-state index contributed by atoms with van der Waals surface area (Å²) in [4.78, 5) is 7.06. The van der Waals surface area contributed by atoms with Crippen molar-refractivity contribution >= 4 is 11.3 Å². The Morgan fingerprint density at radius 3 is 2.42 bits per heavy atom. The Hall–Kier alpha value is -2.43. The number of ether oxygens (including phenoxy) is 1. The maximum atomic E-state index is 5.21. The van der Waals surface area contributed by atoms with E-state index in [1.54, 1.807) is 18.4 Å². The molecule has 0 fully saturated rings. The number of thiazole rings is 1. The van der Waals surface area contributed by atoms with Crippen LogP contribution in [0.2, 0.25) is 0 Å². The third-order valence-electron chi connectivity index (χ3n) is 4.31. The van der Waals surface area contributed by atoms with Crippen molar-refractivity contribution in [2.24, 2.45) is 0 Å². The van der Waals surface area contributed by atoms with Gasteiger partial charge in [0.2, 0.25) is 0 Å². The lowest BCUT2D eigenvalue weighted by atomic mass is 10.1. The third-order valence-corrected chi connectivity index (χ3v) is 5.21. The molecule has 0 atom stereocenters. The van der Waals surface area contributed by atoms with Gasteiger partial charge in [-0.2, -0.15) is 0 Å². The van der Waals surface area contributed by atoms with Gasteiger partial charge in [-0.15, -0.1) is 17.9 Å². The van der Waals surface area contributed by atoms with Crippen molar-refractivity contribution in [1.82, 2.24) is 9.88 Å². The van der Waals surface area contributed by atoms with E-state index >= 15 is 0 Å². The maximum absolute atomic E-state index is 5.21. The van der Waals surface area contributed by atoms with E-state index in [4.69, 9.17) is 9.72 Å². The van der Waals surface area contributed by atoms with Crippen LogP contribution in [0.15, 0.2) is 66.6 Å². The molecule has 0 unspecified atom stereocenters. The Kier molecular flexibility index (Phi) is 6.21. The molecular formula is C22H24N2OS. The molecule has 3 aromatic rings. The van der Waals surface area contributed by atoms with Gasteiger partial charge < -0.3 is 9.64 Å².